The minimum absolute atomic E-state index is 0.0122. The topological polar surface area (TPSA) is 132 Å². The lowest BCUT2D eigenvalue weighted by Crippen LogP contribution is -2.51. The highest BCUT2D eigenvalue weighted by molar-refractivity contribution is 5.70. The van der Waals surface area contributed by atoms with Crippen molar-refractivity contribution in [2.45, 2.75) is 205 Å². The summed E-state index contributed by atoms with van der Waals surface area (Å²) in [6.45, 7) is 3.69. The first-order chi connectivity index (χ1) is 28.4. The molecular weight excluding hydrogens is 733 g/mol. The van der Waals surface area contributed by atoms with Crippen molar-refractivity contribution in [2.75, 3.05) is 19.8 Å². The Balaban J connectivity index is 2.32. The normalized spacial score (nSPS) is 19.5. The number of aliphatic hydroxyl groups is 3. The summed E-state index contributed by atoms with van der Waals surface area (Å²) in [5.74, 6) is -0.767. The summed E-state index contributed by atoms with van der Waals surface area (Å²) < 4.78 is 22.5. The summed E-state index contributed by atoms with van der Waals surface area (Å²) in [5.41, 5.74) is 0. The van der Waals surface area contributed by atoms with Crippen LogP contribution in [0.15, 0.2) is 72.9 Å². The summed E-state index contributed by atoms with van der Waals surface area (Å²) in [7, 11) is 0. The Morgan fingerprint density at radius 2 is 1.02 bits per heavy atom. The van der Waals surface area contributed by atoms with E-state index in [0.29, 0.717) is 6.42 Å². The first-order valence-corrected chi connectivity index (χ1v) is 22.9. The minimum atomic E-state index is -1.23. The van der Waals surface area contributed by atoms with E-state index < -0.39 is 43.3 Å². The Labute approximate surface area is 352 Å². The summed E-state index contributed by atoms with van der Waals surface area (Å²) in [5, 5.41) is 29.7. The molecule has 0 aromatic heterocycles. The quantitative estimate of drug-likeness (QED) is 0.0318. The van der Waals surface area contributed by atoms with E-state index in [1.807, 2.05) is 0 Å². The Bertz CT molecular complexity index is 1160. The number of allylic oxidation sites excluding steroid dienone is 12. The van der Waals surface area contributed by atoms with Crippen LogP contribution in [0, 0.1) is 0 Å². The third-order valence-electron chi connectivity index (χ3n) is 9.95. The average Bonchev–Trinajstić information content (AvgIpc) is 3.22. The third-order valence-corrected chi connectivity index (χ3v) is 9.95. The minimum Gasteiger partial charge on any atom is -0.462 e. The van der Waals surface area contributed by atoms with Gasteiger partial charge in [-0.2, -0.15) is 0 Å². The van der Waals surface area contributed by atoms with E-state index in [1.165, 1.54) is 57.8 Å². The Morgan fingerprint density at radius 1 is 0.586 bits per heavy atom. The van der Waals surface area contributed by atoms with Gasteiger partial charge in [-0.15, -0.1) is 0 Å². The zero-order valence-electron chi connectivity index (χ0n) is 36.4. The van der Waals surface area contributed by atoms with Crippen molar-refractivity contribution in [3.05, 3.63) is 72.9 Å². The van der Waals surface area contributed by atoms with Crippen LogP contribution in [-0.2, 0) is 28.5 Å². The van der Waals surface area contributed by atoms with Gasteiger partial charge in [0.2, 0.25) is 0 Å². The second-order valence-electron chi connectivity index (χ2n) is 15.4. The van der Waals surface area contributed by atoms with Gasteiger partial charge in [0.15, 0.2) is 12.4 Å². The van der Waals surface area contributed by atoms with Gasteiger partial charge in [-0.3, -0.25) is 9.59 Å². The van der Waals surface area contributed by atoms with E-state index in [2.05, 4.69) is 86.8 Å². The molecule has 1 fully saturated rings. The summed E-state index contributed by atoms with van der Waals surface area (Å²) >= 11 is 0. The molecule has 1 aliphatic heterocycles. The molecule has 0 aliphatic carbocycles. The molecule has 332 valence electrons. The summed E-state index contributed by atoms with van der Waals surface area (Å²) in [4.78, 5) is 25.3. The van der Waals surface area contributed by atoms with E-state index in [0.717, 1.165) is 77.0 Å². The van der Waals surface area contributed by atoms with E-state index in [9.17, 15) is 24.9 Å². The average molecular weight is 815 g/mol. The number of carbonyl (C=O) groups excluding carboxylic acids is 2. The maximum absolute atomic E-state index is 12.7. The number of hydrogen-bond donors (Lipinski definition) is 3. The molecule has 1 heterocycles. The van der Waals surface area contributed by atoms with Crippen molar-refractivity contribution in [1.82, 2.24) is 0 Å². The lowest BCUT2D eigenvalue weighted by atomic mass is 10.0. The van der Waals surface area contributed by atoms with Gasteiger partial charge in [0.05, 0.1) is 19.3 Å². The number of esters is 2. The molecule has 0 spiro atoms. The van der Waals surface area contributed by atoms with Gasteiger partial charge in [0.25, 0.3) is 0 Å². The monoisotopic (exact) mass is 815 g/mol. The van der Waals surface area contributed by atoms with Crippen molar-refractivity contribution < 1.29 is 43.9 Å². The molecule has 0 saturated carbocycles. The lowest BCUT2D eigenvalue weighted by molar-refractivity contribution is -0.263. The number of rotatable bonds is 37. The van der Waals surface area contributed by atoms with Gasteiger partial charge in [-0.05, 0) is 89.9 Å². The van der Waals surface area contributed by atoms with Gasteiger partial charge in [-0.25, -0.2) is 0 Å². The first-order valence-electron chi connectivity index (χ1n) is 22.9. The van der Waals surface area contributed by atoms with Crippen LogP contribution in [0.1, 0.15) is 174 Å². The van der Waals surface area contributed by atoms with Crippen LogP contribution in [0.4, 0.5) is 0 Å². The Morgan fingerprint density at radius 3 is 1.55 bits per heavy atom. The van der Waals surface area contributed by atoms with Crippen LogP contribution >= 0.6 is 0 Å². The molecule has 9 heteroatoms. The van der Waals surface area contributed by atoms with Gasteiger partial charge in [0.1, 0.15) is 18.8 Å². The molecule has 0 bridgehead atoms. The molecular formula is C49H82O9. The fraction of sp³-hybridized carbons (Fsp3) is 0.714. The predicted octanol–water partition coefficient (Wildman–Crippen LogP) is 11.0. The second kappa shape index (κ2) is 39.6. The van der Waals surface area contributed by atoms with Gasteiger partial charge in [-0.1, -0.05) is 138 Å². The van der Waals surface area contributed by atoms with E-state index in [1.54, 1.807) is 0 Å². The molecule has 0 amide bonds. The van der Waals surface area contributed by atoms with Crippen molar-refractivity contribution in [2.24, 2.45) is 0 Å². The van der Waals surface area contributed by atoms with Gasteiger partial charge in [0, 0.05) is 19.3 Å². The number of ether oxygens (including phenoxy) is 4. The second-order valence-corrected chi connectivity index (χ2v) is 15.4. The van der Waals surface area contributed by atoms with Crippen molar-refractivity contribution in [3.8, 4) is 0 Å². The summed E-state index contributed by atoms with van der Waals surface area (Å²) in [6, 6.07) is 0. The zero-order chi connectivity index (χ0) is 42.2. The Kier molecular flexibility index (Phi) is 36.3. The molecule has 0 aromatic rings. The van der Waals surface area contributed by atoms with Crippen molar-refractivity contribution in [1.29, 1.82) is 0 Å². The van der Waals surface area contributed by atoms with E-state index >= 15 is 0 Å². The third kappa shape index (κ3) is 32.1. The van der Waals surface area contributed by atoms with Crippen LogP contribution in [-0.4, -0.2) is 77.8 Å². The van der Waals surface area contributed by atoms with E-state index in [4.69, 9.17) is 18.9 Å². The fourth-order valence-electron chi connectivity index (χ4n) is 6.36. The van der Waals surface area contributed by atoms with Gasteiger partial charge < -0.3 is 34.3 Å². The molecule has 0 radical (unpaired) electrons. The lowest BCUT2D eigenvalue weighted by Gasteiger charge is -2.36. The molecule has 1 aliphatic rings. The first kappa shape index (κ1) is 53.2. The molecule has 0 aromatic carbocycles. The van der Waals surface area contributed by atoms with Crippen LogP contribution in [0.5, 0.6) is 0 Å². The largest absolute Gasteiger partial charge is 0.462 e. The molecule has 1 rings (SSSR count). The van der Waals surface area contributed by atoms with Crippen molar-refractivity contribution in [3.63, 3.8) is 0 Å². The van der Waals surface area contributed by atoms with Gasteiger partial charge >= 0.3 is 11.9 Å². The molecule has 1 saturated heterocycles. The molecule has 9 nitrogen and oxygen atoms in total. The molecule has 3 N–H and O–H groups in total. The highest BCUT2D eigenvalue weighted by atomic mass is 16.7. The highest BCUT2D eigenvalue weighted by Gasteiger charge is 2.37. The number of carbonyl (C=O) groups is 2. The SMILES string of the molecule is CCCCC/C=C\C/C=C\C/C=C\CCCCC(=O)O[C@H](COC(=O)CCCCCC/C=C\C/C=C\C/C=C\CCCCCCC)CO[C@H]1CC(O)[C@@H](O)[C@@H](CO)O1. The zero-order valence-corrected chi connectivity index (χ0v) is 36.4. The van der Waals surface area contributed by atoms with Crippen LogP contribution in [0.25, 0.3) is 0 Å². The maximum atomic E-state index is 12.7. The number of aliphatic hydroxyl groups excluding tert-OH is 3. The molecule has 58 heavy (non-hydrogen) atoms. The van der Waals surface area contributed by atoms with E-state index in [-0.39, 0.29) is 38.4 Å². The maximum Gasteiger partial charge on any atom is 0.306 e. The predicted molar refractivity (Wildman–Crippen MR) is 236 cm³/mol. The van der Waals surface area contributed by atoms with Crippen LogP contribution in [0.3, 0.4) is 0 Å². The van der Waals surface area contributed by atoms with Crippen LogP contribution in [0.2, 0.25) is 0 Å². The standard InChI is InChI=1S/C49H82O9/c1-3-5-7-9-11-13-15-17-19-20-21-22-24-25-27-29-31-33-35-37-46(52)55-41-43(42-56-48-39-44(51)49(54)45(40-50)58-48)57-47(53)38-36-34-32-30-28-26-23-18-16-14-12-10-8-6-4-2/h12,14-15,17-18,20-21,23-25,28,30,43-45,48-51,54H,3-11,13,16,19,22,26-27,29,31-42H2,1-2H3/b14-12-,17-15-,21-20-,23-18-,25-24-,30-28-/t43-,44?,45-,48-,49-/m1/s1. The fourth-order valence-corrected chi connectivity index (χ4v) is 6.36. The Hall–Kier alpha value is -2.82. The highest BCUT2D eigenvalue weighted by Crippen LogP contribution is 2.22. The molecule has 5 atom stereocenters. The smallest absolute Gasteiger partial charge is 0.306 e. The number of hydrogen-bond acceptors (Lipinski definition) is 9. The van der Waals surface area contributed by atoms with Crippen LogP contribution < -0.4 is 0 Å². The molecule has 1 unspecified atom stereocenters. The van der Waals surface area contributed by atoms with Crippen molar-refractivity contribution >= 4 is 11.9 Å². The summed E-state index contributed by atoms with van der Waals surface area (Å²) in [6.07, 6.45) is 45.6. The number of unbranched alkanes of at least 4 members (excludes halogenated alkanes) is 14.